The zero-order valence-corrected chi connectivity index (χ0v) is 12.3. The van der Waals surface area contributed by atoms with Crippen molar-refractivity contribution in [3.05, 3.63) is 28.3 Å². The van der Waals surface area contributed by atoms with E-state index in [1.54, 1.807) is 18.2 Å². The van der Waals surface area contributed by atoms with Crippen LogP contribution in [0.25, 0.3) is 0 Å². The van der Waals surface area contributed by atoms with Gasteiger partial charge in [0.1, 0.15) is 5.69 Å². The molecule has 1 atom stereocenters. The fourth-order valence-electron chi connectivity index (χ4n) is 1.65. The molecule has 0 aliphatic carbocycles. The van der Waals surface area contributed by atoms with Crippen molar-refractivity contribution in [3.63, 3.8) is 0 Å². The Hall–Kier alpha value is -1.82. The molecule has 0 saturated carbocycles. The van der Waals surface area contributed by atoms with Crippen LogP contribution in [-0.4, -0.2) is 28.8 Å². The van der Waals surface area contributed by atoms with E-state index in [9.17, 15) is 15.2 Å². The lowest BCUT2D eigenvalue weighted by atomic mass is 10.1. The number of hydrogen-bond donors (Lipinski definition) is 2. The molecule has 0 bridgehead atoms. The molecular weight excluding hydrogens is 260 g/mol. The summed E-state index contributed by atoms with van der Waals surface area (Å²) in [6, 6.07) is 4.87. The highest BCUT2D eigenvalue weighted by atomic mass is 16.6. The van der Waals surface area contributed by atoms with Gasteiger partial charge in [-0.1, -0.05) is 19.9 Å². The molecule has 0 radical (unpaired) electrons. The van der Waals surface area contributed by atoms with Crippen LogP contribution in [0.4, 0.5) is 11.4 Å². The Morgan fingerprint density at radius 3 is 2.50 bits per heavy atom. The summed E-state index contributed by atoms with van der Waals surface area (Å²) >= 11 is 0. The molecular formula is C14H22N2O4. The third kappa shape index (κ3) is 4.38. The van der Waals surface area contributed by atoms with Crippen LogP contribution in [0.2, 0.25) is 0 Å². The number of aliphatic hydroxyl groups excluding tert-OH is 1. The average Bonchev–Trinajstić information content (AvgIpc) is 2.34. The summed E-state index contributed by atoms with van der Waals surface area (Å²) in [6.07, 6.45) is -0.713. The van der Waals surface area contributed by atoms with Gasteiger partial charge in [-0.2, -0.15) is 0 Å². The zero-order chi connectivity index (χ0) is 15.3. The molecule has 0 spiro atoms. The summed E-state index contributed by atoms with van der Waals surface area (Å²) in [5.41, 5.74) is 0.255. The normalized spacial score (nSPS) is 12.6. The van der Waals surface area contributed by atoms with E-state index >= 15 is 0 Å². The van der Waals surface area contributed by atoms with Crippen LogP contribution in [0.1, 0.15) is 27.7 Å². The minimum Gasteiger partial charge on any atom is -0.484 e. The SMILES string of the molecule is CC(C)Oc1cccc(NCC(O)C(C)C)c1[N+](=O)[O-]. The van der Waals surface area contributed by atoms with Gasteiger partial charge < -0.3 is 15.2 Å². The van der Waals surface area contributed by atoms with E-state index in [1.165, 1.54) is 0 Å². The lowest BCUT2D eigenvalue weighted by Gasteiger charge is -2.17. The Bertz CT molecular complexity index is 460. The van der Waals surface area contributed by atoms with Crippen molar-refractivity contribution in [1.82, 2.24) is 0 Å². The maximum atomic E-state index is 11.2. The van der Waals surface area contributed by atoms with Crippen molar-refractivity contribution in [2.75, 3.05) is 11.9 Å². The summed E-state index contributed by atoms with van der Waals surface area (Å²) in [5, 5.41) is 23.9. The fraction of sp³-hybridized carbons (Fsp3) is 0.571. The maximum absolute atomic E-state index is 11.2. The van der Waals surface area contributed by atoms with Gasteiger partial charge in [-0.25, -0.2) is 0 Å². The van der Waals surface area contributed by atoms with Crippen molar-refractivity contribution >= 4 is 11.4 Å². The third-order valence-electron chi connectivity index (χ3n) is 2.82. The second-order valence-electron chi connectivity index (χ2n) is 5.27. The number of nitrogens with zero attached hydrogens (tertiary/aromatic N) is 1. The van der Waals surface area contributed by atoms with Crippen molar-refractivity contribution in [2.24, 2.45) is 5.92 Å². The largest absolute Gasteiger partial charge is 0.484 e. The lowest BCUT2D eigenvalue weighted by molar-refractivity contribution is -0.385. The predicted molar refractivity (Wildman–Crippen MR) is 78.2 cm³/mol. The first-order valence-electron chi connectivity index (χ1n) is 6.69. The van der Waals surface area contributed by atoms with Gasteiger partial charge in [0.25, 0.3) is 0 Å². The maximum Gasteiger partial charge on any atom is 0.333 e. The van der Waals surface area contributed by atoms with Crippen LogP contribution in [0.5, 0.6) is 5.75 Å². The topological polar surface area (TPSA) is 84.6 Å². The number of nitro benzene ring substituents is 1. The Balaban J connectivity index is 2.97. The Labute approximate surface area is 118 Å². The van der Waals surface area contributed by atoms with Crippen LogP contribution >= 0.6 is 0 Å². The standard InChI is InChI=1S/C14H22N2O4/c1-9(2)12(17)8-15-11-6-5-7-13(20-10(3)4)14(11)16(18)19/h5-7,9-10,12,15,17H,8H2,1-4H3. The van der Waals surface area contributed by atoms with E-state index in [0.29, 0.717) is 5.69 Å². The number of benzene rings is 1. The Kier molecular flexibility index (Phi) is 5.76. The number of aliphatic hydroxyl groups is 1. The van der Waals surface area contributed by atoms with Gasteiger partial charge in [-0.05, 0) is 31.9 Å². The molecule has 6 heteroatoms. The first-order chi connectivity index (χ1) is 9.32. The van der Waals surface area contributed by atoms with E-state index in [2.05, 4.69) is 5.32 Å². The Morgan fingerprint density at radius 2 is 2.00 bits per heavy atom. The van der Waals surface area contributed by atoms with E-state index in [4.69, 9.17) is 4.74 Å². The summed E-state index contributed by atoms with van der Waals surface area (Å²) in [5.74, 6) is 0.311. The Morgan fingerprint density at radius 1 is 1.35 bits per heavy atom. The second-order valence-corrected chi connectivity index (χ2v) is 5.27. The third-order valence-corrected chi connectivity index (χ3v) is 2.82. The predicted octanol–water partition coefficient (Wildman–Crippen LogP) is 2.81. The number of ether oxygens (including phenoxy) is 1. The van der Waals surface area contributed by atoms with E-state index in [-0.39, 0.29) is 30.0 Å². The first kappa shape index (κ1) is 16.2. The highest BCUT2D eigenvalue weighted by Gasteiger charge is 2.22. The zero-order valence-electron chi connectivity index (χ0n) is 12.3. The van der Waals surface area contributed by atoms with Gasteiger partial charge >= 0.3 is 5.69 Å². The van der Waals surface area contributed by atoms with Gasteiger partial charge in [0.05, 0.1) is 17.1 Å². The van der Waals surface area contributed by atoms with Crippen LogP contribution in [0.3, 0.4) is 0 Å². The molecule has 6 nitrogen and oxygen atoms in total. The molecule has 0 heterocycles. The summed E-state index contributed by atoms with van der Waals surface area (Å²) in [7, 11) is 0. The van der Waals surface area contributed by atoms with E-state index < -0.39 is 11.0 Å². The number of para-hydroxylation sites is 1. The minimum atomic E-state index is -0.565. The van der Waals surface area contributed by atoms with Gasteiger partial charge in [-0.3, -0.25) is 10.1 Å². The summed E-state index contributed by atoms with van der Waals surface area (Å²) in [4.78, 5) is 10.8. The van der Waals surface area contributed by atoms with Crippen molar-refractivity contribution < 1.29 is 14.8 Å². The monoisotopic (exact) mass is 282 g/mol. The number of hydrogen-bond acceptors (Lipinski definition) is 5. The fourth-order valence-corrected chi connectivity index (χ4v) is 1.65. The molecule has 0 saturated heterocycles. The van der Waals surface area contributed by atoms with Crippen molar-refractivity contribution in [2.45, 2.75) is 39.9 Å². The second kappa shape index (κ2) is 7.09. The highest BCUT2D eigenvalue weighted by Crippen LogP contribution is 2.35. The molecule has 2 N–H and O–H groups in total. The smallest absolute Gasteiger partial charge is 0.333 e. The van der Waals surface area contributed by atoms with Crippen LogP contribution in [-0.2, 0) is 0 Å². The van der Waals surface area contributed by atoms with Crippen LogP contribution < -0.4 is 10.1 Å². The summed E-state index contributed by atoms with van der Waals surface area (Å²) < 4.78 is 5.46. The molecule has 0 aliphatic heterocycles. The van der Waals surface area contributed by atoms with Gasteiger partial charge in [0.2, 0.25) is 0 Å². The minimum absolute atomic E-state index is 0.0802. The lowest BCUT2D eigenvalue weighted by Crippen LogP contribution is -2.25. The van der Waals surface area contributed by atoms with Gasteiger partial charge in [0, 0.05) is 6.54 Å². The number of rotatable bonds is 7. The molecule has 1 aromatic rings. The van der Waals surface area contributed by atoms with Crippen molar-refractivity contribution in [3.8, 4) is 5.75 Å². The van der Waals surface area contributed by atoms with Crippen molar-refractivity contribution in [1.29, 1.82) is 0 Å². The number of anilines is 1. The average molecular weight is 282 g/mol. The number of nitrogens with one attached hydrogen (secondary N) is 1. The van der Waals surface area contributed by atoms with Crippen LogP contribution in [0, 0.1) is 16.0 Å². The molecule has 1 unspecified atom stereocenters. The molecule has 1 rings (SSSR count). The molecule has 20 heavy (non-hydrogen) atoms. The number of nitro groups is 1. The molecule has 0 aliphatic rings. The van der Waals surface area contributed by atoms with E-state index in [0.717, 1.165) is 0 Å². The molecule has 0 fully saturated rings. The summed E-state index contributed by atoms with van der Waals surface area (Å²) in [6.45, 7) is 7.65. The molecule has 1 aromatic carbocycles. The first-order valence-corrected chi connectivity index (χ1v) is 6.69. The molecule has 0 amide bonds. The van der Waals surface area contributed by atoms with Gasteiger partial charge in [-0.15, -0.1) is 0 Å². The van der Waals surface area contributed by atoms with E-state index in [1.807, 2.05) is 27.7 Å². The van der Waals surface area contributed by atoms with Crippen LogP contribution in [0.15, 0.2) is 18.2 Å². The highest BCUT2D eigenvalue weighted by molar-refractivity contribution is 5.68. The van der Waals surface area contributed by atoms with Gasteiger partial charge in [0.15, 0.2) is 5.75 Å². The molecule has 0 aromatic heterocycles. The quantitative estimate of drug-likeness (QED) is 0.593. The molecule has 112 valence electrons.